The molecule has 2 aliphatic heterocycles. The molecule has 0 radical (unpaired) electrons. The normalized spacial score (nSPS) is 23.9. The molecule has 3 aromatic rings. The van der Waals surface area contributed by atoms with Crippen LogP contribution in [0, 0.1) is 0 Å². The van der Waals surface area contributed by atoms with Crippen LogP contribution in [-0.4, -0.2) is 64.4 Å². The van der Waals surface area contributed by atoms with Crippen LogP contribution >= 0.6 is 0 Å². The van der Waals surface area contributed by atoms with E-state index in [2.05, 4.69) is 55.4 Å². The van der Waals surface area contributed by atoms with Gasteiger partial charge >= 0.3 is 287 Å². The van der Waals surface area contributed by atoms with E-state index in [1.54, 1.807) is 0 Å². The molecule has 3 atom stereocenters. The van der Waals surface area contributed by atoms with Crippen LogP contribution in [-0.2, 0) is 41.1 Å². The predicted molar refractivity (Wildman–Crippen MR) is 189 cm³/mol. The molecule has 5 rings (SSSR count). The number of ether oxygens (including phenoxy) is 2. The Labute approximate surface area is 285 Å². The average Bonchev–Trinajstić information content (AvgIpc) is 3.18. The molecule has 2 saturated heterocycles. The van der Waals surface area contributed by atoms with Crippen molar-refractivity contribution in [1.29, 1.82) is 0 Å². The van der Waals surface area contributed by atoms with Gasteiger partial charge in [0.05, 0.1) is 0 Å². The van der Waals surface area contributed by atoms with Gasteiger partial charge in [-0.2, -0.15) is 0 Å². The Kier molecular flexibility index (Phi) is 10.8. The summed E-state index contributed by atoms with van der Waals surface area (Å²) in [6.07, 6.45) is -0.208. The molecule has 2 fully saturated rings. The third kappa shape index (κ3) is 6.16. The van der Waals surface area contributed by atoms with E-state index in [-0.39, 0.29) is 47.9 Å². The molecule has 2 aromatic carbocycles. The fourth-order valence-electron chi connectivity index (χ4n) is 7.94. The zero-order valence-corrected chi connectivity index (χ0v) is 32.4. The summed E-state index contributed by atoms with van der Waals surface area (Å²) in [5.41, 5.74) is 0.646. The van der Waals surface area contributed by atoms with Crippen molar-refractivity contribution in [3.63, 3.8) is 0 Å². The van der Waals surface area contributed by atoms with Crippen LogP contribution in [0.3, 0.4) is 0 Å². The Hall–Kier alpha value is -2.42. The Morgan fingerprint density at radius 3 is 1.98 bits per heavy atom. The summed E-state index contributed by atoms with van der Waals surface area (Å²) in [6.45, 7) is 18.0. The molecule has 0 saturated carbocycles. The molecule has 12 heteroatoms. The van der Waals surface area contributed by atoms with E-state index < -0.39 is 58.7 Å². The maximum atomic E-state index is 15.1. The second-order valence-corrected chi connectivity index (χ2v) is 29.4. The van der Waals surface area contributed by atoms with Crippen molar-refractivity contribution in [3.8, 4) is 0 Å². The number of aromatic nitrogens is 2. The molecule has 1 aromatic heterocycles. The molecule has 9 nitrogen and oxygen atoms in total. The number of benzene rings is 2. The van der Waals surface area contributed by atoms with Crippen molar-refractivity contribution in [3.05, 3.63) is 99.3 Å². The Morgan fingerprint density at radius 2 is 1.40 bits per heavy atom. The van der Waals surface area contributed by atoms with Crippen LogP contribution in [0.4, 0.5) is 0 Å². The summed E-state index contributed by atoms with van der Waals surface area (Å²) in [7, 11) is -5.40. The summed E-state index contributed by atoms with van der Waals surface area (Å²) in [6, 6.07) is 20.4. The monoisotopic (exact) mass is 744 g/mol. The Morgan fingerprint density at radius 1 is 0.830 bits per heavy atom. The number of nitrogens with zero attached hydrogens (tertiary/aromatic N) is 2. The van der Waals surface area contributed by atoms with Crippen molar-refractivity contribution in [2.45, 2.75) is 108 Å². The first kappa shape index (κ1) is 35.9. The zero-order valence-electron chi connectivity index (χ0n) is 28.7. The van der Waals surface area contributed by atoms with Gasteiger partial charge in [0.1, 0.15) is 0 Å². The molecule has 0 unspecified atom stereocenters. The number of hydrogen-bond donors (Lipinski definition) is 0. The maximum absolute atomic E-state index is 15.1. The van der Waals surface area contributed by atoms with E-state index in [9.17, 15) is 9.59 Å². The summed E-state index contributed by atoms with van der Waals surface area (Å²) in [5, 5.41) is 0. The number of hydrogen-bond acceptors (Lipinski definition) is 7. The number of carbonyl (C=O) groups excluding carboxylic acids is 1. The average molecular weight is 744 g/mol. The van der Waals surface area contributed by atoms with Crippen molar-refractivity contribution in [2.75, 3.05) is 6.61 Å². The van der Waals surface area contributed by atoms with E-state index in [1.807, 2.05) is 60.7 Å². The fraction of sp³-hybridized carbons (Fsp3) is 0.514. The van der Waals surface area contributed by atoms with Gasteiger partial charge in [0.25, 0.3) is 0 Å². The van der Waals surface area contributed by atoms with E-state index in [4.69, 9.17) is 18.3 Å². The summed E-state index contributed by atoms with van der Waals surface area (Å²) in [5.74, 6) is -0.289. The van der Waals surface area contributed by atoms with Gasteiger partial charge in [-0.05, 0) is 0 Å². The summed E-state index contributed by atoms with van der Waals surface area (Å²) < 4.78 is 28.8. The number of Topliss-reactive ketones (excluding diaryl/α,β-unsaturated/α-hetero) is 1. The number of carbonyl (C=O) groups is 1. The second kappa shape index (κ2) is 14.2. The van der Waals surface area contributed by atoms with E-state index >= 15 is 4.79 Å². The number of rotatable bonds is 11. The molecular formula is C35H48N2O7SeSi2. The molecule has 254 valence electrons. The van der Waals surface area contributed by atoms with Crippen LogP contribution in [0.25, 0.3) is 0 Å². The van der Waals surface area contributed by atoms with Crippen molar-refractivity contribution in [2.24, 2.45) is 0 Å². The Bertz CT molecular complexity index is 1650. The summed E-state index contributed by atoms with van der Waals surface area (Å²) in [4.78, 5) is 42.4. The standard InChI is InChI=1S/C35H48N2O7SeSi2/c1-24(2)46(25(3)4)42-22-30-32(44-47(46,26(5)6)27(7)8)33(39)35(43-30,45-29-17-13-10-14-18-29)37-20-19-31(38)36(34(37)40)23-41-21-28-15-11-9-12-16-28/h9-20,24-27,30,32H,21-23H2,1-8H3/t30-,32-,35+/m1/s1. The molecule has 0 N–H and O–H groups in total. The van der Waals surface area contributed by atoms with E-state index in [1.165, 1.54) is 16.8 Å². The van der Waals surface area contributed by atoms with E-state index in [0.29, 0.717) is 0 Å². The number of ketones is 1. The second-order valence-electron chi connectivity index (χ2n) is 13.8. The molecule has 0 aliphatic carbocycles. The van der Waals surface area contributed by atoms with Gasteiger partial charge in [-0.3, -0.25) is 0 Å². The van der Waals surface area contributed by atoms with Gasteiger partial charge in [0, 0.05) is 0 Å². The van der Waals surface area contributed by atoms with Gasteiger partial charge < -0.3 is 0 Å². The van der Waals surface area contributed by atoms with Crippen LogP contribution in [0.1, 0.15) is 61.0 Å². The third-order valence-corrected chi connectivity index (χ3v) is 33.2. The van der Waals surface area contributed by atoms with Crippen LogP contribution < -0.4 is 15.7 Å². The van der Waals surface area contributed by atoms with Gasteiger partial charge in [-0.25, -0.2) is 0 Å². The molecule has 47 heavy (non-hydrogen) atoms. The minimum absolute atomic E-state index is 0.187. The first-order valence-electron chi connectivity index (χ1n) is 16.5. The molecule has 2 aliphatic rings. The van der Waals surface area contributed by atoms with Crippen LogP contribution in [0.5, 0.6) is 0 Å². The predicted octanol–water partition coefficient (Wildman–Crippen LogP) is 4.82. The summed E-state index contributed by atoms with van der Waals surface area (Å²) >= 11 is -0.706. The first-order valence-corrected chi connectivity index (χ1v) is 23.4. The van der Waals surface area contributed by atoms with Crippen molar-refractivity contribution < 1.29 is 23.1 Å². The minimum atomic E-state index is -2.80. The quantitative estimate of drug-likeness (QED) is 0.260. The number of fused-ring (bicyclic) bond motifs is 1. The van der Waals surface area contributed by atoms with Crippen LogP contribution in [0.15, 0.2) is 82.5 Å². The SMILES string of the molecule is CC(C)[Si]1(C(C)C)OC[C@H]2O[C@@]([Se]c3ccccc3)(n3ccc(=O)n(COCc4ccccc4)c3=O)C(=O)[C@@H]2O[Si]1(C(C)C)C(C)C. The fourth-order valence-corrected chi connectivity index (χ4v) is 32.2. The molecule has 3 heterocycles. The molecule has 0 amide bonds. The van der Waals surface area contributed by atoms with Gasteiger partial charge in [-0.15, -0.1) is 0 Å². The molecular weight excluding hydrogens is 696 g/mol. The van der Waals surface area contributed by atoms with Gasteiger partial charge in [0.15, 0.2) is 0 Å². The van der Waals surface area contributed by atoms with E-state index in [0.717, 1.165) is 14.6 Å². The zero-order chi connectivity index (χ0) is 34.1. The Balaban J connectivity index is 1.61. The third-order valence-electron chi connectivity index (χ3n) is 9.79. The molecule has 0 spiro atoms. The van der Waals surface area contributed by atoms with Crippen molar-refractivity contribution in [1.82, 2.24) is 9.13 Å². The first-order chi connectivity index (χ1) is 22.3. The van der Waals surface area contributed by atoms with Crippen molar-refractivity contribution >= 4 is 40.9 Å². The topological polar surface area (TPSA) is 98.0 Å². The van der Waals surface area contributed by atoms with Gasteiger partial charge in [0.2, 0.25) is 0 Å². The van der Waals surface area contributed by atoms with Gasteiger partial charge in [-0.1, -0.05) is 0 Å². The molecule has 0 bridgehead atoms. The van der Waals surface area contributed by atoms with Crippen LogP contribution in [0.2, 0.25) is 22.2 Å².